The number of nitrogens with one attached hydrogen (secondary N) is 2. The fourth-order valence-corrected chi connectivity index (χ4v) is 6.05. The second-order valence-corrected chi connectivity index (χ2v) is 11.6. The molecule has 0 bridgehead atoms. The van der Waals surface area contributed by atoms with E-state index in [0.29, 0.717) is 6.54 Å². The van der Waals surface area contributed by atoms with Gasteiger partial charge in [0.2, 0.25) is 5.91 Å². The van der Waals surface area contributed by atoms with Gasteiger partial charge in [0.25, 0.3) is 0 Å². The highest BCUT2D eigenvalue weighted by Crippen LogP contribution is 2.36. The van der Waals surface area contributed by atoms with E-state index in [0.717, 1.165) is 39.7 Å². The minimum absolute atomic E-state index is 0.0663. The highest BCUT2D eigenvalue weighted by molar-refractivity contribution is 9.11. The molecule has 2 N–H and O–H groups in total. The minimum Gasteiger partial charge on any atom is -0.453 e. The number of hydrogen-bond donors (Lipinski definition) is 2. The summed E-state index contributed by atoms with van der Waals surface area (Å²) in [5.41, 5.74) is 4.20. The van der Waals surface area contributed by atoms with Crippen LogP contribution in [0.1, 0.15) is 55.9 Å². The van der Waals surface area contributed by atoms with Crippen LogP contribution >= 0.6 is 27.3 Å². The second kappa shape index (κ2) is 10.5. The third-order valence-electron chi connectivity index (χ3n) is 6.31. The van der Waals surface area contributed by atoms with Crippen LogP contribution in [-0.2, 0) is 9.53 Å². The zero-order valence-electron chi connectivity index (χ0n) is 20.6. The van der Waals surface area contributed by atoms with E-state index in [1.807, 2.05) is 31.7 Å². The fraction of sp³-hybridized carbons (Fsp3) is 0.423. The molecule has 1 saturated heterocycles. The first-order chi connectivity index (χ1) is 16.7. The summed E-state index contributed by atoms with van der Waals surface area (Å²) in [6, 6.07) is 7.67. The number of ether oxygens (including phenoxy) is 1. The van der Waals surface area contributed by atoms with E-state index in [1.165, 1.54) is 22.4 Å². The first-order valence-electron chi connectivity index (χ1n) is 11.8. The van der Waals surface area contributed by atoms with Gasteiger partial charge in [-0.2, -0.15) is 0 Å². The Kier molecular flexibility index (Phi) is 7.66. The van der Waals surface area contributed by atoms with Gasteiger partial charge in [0.1, 0.15) is 11.9 Å². The zero-order valence-corrected chi connectivity index (χ0v) is 23.0. The van der Waals surface area contributed by atoms with Crippen LogP contribution < -0.4 is 5.32 Å². The molecule has 2 amide bonds. The van der Waals surface area contributed by atoms with Crippen LogP contribution in [0.3, 0.4) is 0 Å². The van der Waals surface area contributed by atoms with E-state index in [1.54, 1.807) is 11.3 Å². The van der Waals surface area contributed by atoms with Crippen LogP contribution in [0.15, 0.2) is 28.7 Å². The molecule has 1 aromatic carbocycles. The van der Waals surface area contributed by atoms with Crippen LogP contribution in [0, 0.1) is 12.8 Å². The van der Waals surface area contributed by atoms with E-state index in [4.69, 9.17) is 9.72 Å². The number of thiophene rings is 1. The fourth-order valence-electron chi connectivity index (χ4n) is 4.50. The number of halogens is 1. The Bertz CT molecular complexity index is 1270. The van der Waals surface area contributed by atoms with Crippen LogP contribution in [-0.4, -0.2) is 46.6 Å². The number of H-pyrrole nitrogens is 1. The molecule has 0 radical (unpaired) electrons. The first kappa shape index (κ1) is 25.4. The van der Waals surface area contributed by atoms with Crippen molar-refractivity contribution in [2.45, 2.75) is 52.6 Å². The smallest absolute Gasteiger partial charge is 0.407 e. The molecule has 0 spiro atoms. The monoisotopic (exact) mass is 558 g/mol. The maximum atomic E-state index is 13.4. The molecule has 4 rings (SSSR count). The first-order valence-corrected chi connectivity index (χ1v) is 13.4. The number of nitrogens with zero attached hydrogens (tertiary/aromatic N) is 2. The number of rotatable bonds is 6. The summed E-state index contributed by atoms with van der Waals surface area (Å²) in [4.78, 5) is 37.8. The lowest BCUT2D eigenvalue weighted by Crippen LogP contribution is -2.51. The maximum absolute atomic E-state index is 13.4. The summed E-state index contributed by atoms with van der Waals surface area (Å²) >= 11 is 5.28. The van der Waals surface area contributed by atoms with Crippen molar-refractivity contribution in [2.75, 3.05) is 13.7 Å². The molecule has 0 aliphatic carbocycles. The number of alkyl carbamates (subject to hydrolysis) is 1. The topological polar surface area (TPSA) is 87.3 Å². The van der Waals surface area contributed by atoms with E-state index >= 15 is 0 Å². The summed E-state index contributed by atoms with van der Waals surface area (Å²) < 4.78 is 5.82. The molecule has 1 aliphatic heterocycles. The number of allylic oxidation sites excluding steroid dienone is 1. The lowest BCUT2D eigenvalue weighted by atomic mass is 10.0. The van der Waals surface area contributed by atoms with Crippen molar-refractivity contribution in [3.8, 4) is 10.4 Å². The summed E-state index contributed by atoms with van der Waals surface area (Å²) in [6.45, 7) is 8.62. The Balaban J connectivity index is 1.61. The largest absolute Gasteiger partial charge is 0.453 e. The molecule has 3 heterocycles. The standard InChI is InChI=1S/C26H31BrN4O3S/c1-14(2)23(30-26(33)34-5)25(32)31-10-6-7-20(31)24-28-18-9-8-17(13-19(18)29-24)22-11-15(3)21(35-22)12-16(4)27/h8-9,11-14,20,23H,6-7,10H2,1-5H3,(H,28,29)(H,30,33)/b16-12+. The van der Waals surface area contributed by atoms with Crippen molar-refractivity contribution >= 4 is 56.4 Å². The van der Waals surface area contributed by atoms with Gasteiger partial charge in [-0.05, 0) is 72.5 Å². The van der Waals surface area contributed by atoms with Gasteiger partial charge in [0.15, 0.2) is 0 Å². The van der Waals surface area contributed by atoms with Crippen molar-refractivity contribution in [1.29, 1.82) is 0 Å². The summed E-state index contributed by atoms with van der Waals surface area (Å²) in [5.74, 6) is 0.610. The van der Waals surface area contributed by atoms with E-state index < -0.39 is 12.1 Å². The van der Waals surface area contributed by atoms with Crippen LogP contribution in [0.2, 0.25) is 0 Å². The Hall–Kier alpha value is -2.65. The number of aromatic nitrogens is 2. The van der Waals surface area contributed by atoms with E-state index in [2.05, 4.69) is 57.4 Å². The third-order valence-corrected chi connectivity index (χ3v) is 7.78. The number of benzene rings is 1. The number of aryl methyl sites for hydroxylation is 1. The molecular formula is C26H31BrN4O3S. The number of amides is 2. The molecule has 186 valence electrons. The molecule has 7 nitrogen and oxygen atoms in total. The van der Waals surface area contributed by atoms with Crippen molar-refractivity contribution in [1.82, 2.24) is 20.2 Å². The molecule has 3 aromatic rings. The summed E-state index contributed by atoms with van der Waals surface area (Å²) in [7, 11) is 1.30. The van der Waals surface area contributed by atoms with Gasteiger partial charge < -0.3 is 19.9 Å². The number of carbonyl (C=O) groups excluding carboxylic acids is 2. The number of fused-ring (bicyclic) bond motifs is 1. The van der Waals surface area contributed by atoms with Crippen molar-refractivity contribution in [3.05, 3.63) is 45.0 Å². The summed E-state index contributed by atoms with van der Waals surface area (Å²) in [6.07, 6.45) is 3.26. The van der Waals surface area contributed by atoms with Gasteiger partial charge in [0, 0.05) is 16.3 Å². The van der Waals surface area contributed by atoms with Gasteiger partial charge in [0.05, 0.1) is 24.2 Å². The SMILES string of the molecule is COC(=O)NC(C(=O)N1CCCC1c1nc2ccc(-c3cc(C)c(/C=C(\C)Br)s3)cc2[nH]1)C(C)C. The number of likely N-dealkylation sites (tertiary alicyclic amines) is 1. The average Bonchev–Trinajstić information content (AvgIpc) is 3.54. The molecule has 2 atom stereocenters. The molecule has 2 aromatic heterocycles. The molecule has 35 heavy (non-hydrogen) atoms. The van der Waals surface area contributed by atoms with Gasteiger partial charge in [-0.15, -0.1) is 11.3 Å². The predicted molar refractivity (Wildman–Crippen MR) is 145 cm³/mol. The Morgan fingerprint density at radius 1 is 1.34 bits per heavy atom. The normalized spacial score (nSPS) is 17.3. The summed E-state index contributed by atoms with van der Waals surface area (Å²) in [5, 5.41) is 2.70. The number of aromatic amines is 1. The molecule has 0 saturated carbocycles. The van der Waals surface area contributed by atoms with Crippen molar-refractivity contribution < 1.29 is 14.3 Å². The Morgan fingerprint density at radius 2 is 2.11 bits per heavy atom. The predicted octanol–water partition coefficient (Wildman–Crippen LogP) is 6.40. The van der Waals surface area contributed by atoms with Crippen LogP contribution in [0.25, 0.3) is 27.6 Å². The second-order valence-electron chi connectivity index (χ2n) is 9.29. The quantitative estimate of drug-likeness (QED) is 0.366. The molecule has 1 aliphatic rings. The highest BCUT2D eigenvalue weighted by atomic mass is 79.9. The van der Waals surface area contributed by atoms with Crippen molar-refractivity contribution in [2.24, 2.45) is 5.92 Å². The molecule has 9 heteroatoms. The van der Waals surface area contributed by atoms with Gasteiger partial charge in [-0.3, -0.25) is 4.79 Å². The molecule has 2 unspecified atom stereocenters. The number of carbonyl (C=O) groups is 2. The maximum Gasteiger partial charge on any atom is 0.407 e. The Labute approximate surface area is 218 Å². The number of hydrogen-bond acceptors (Lipinski definition) is 5. The van der Waals surface area contributed by atoms with Gasteiger partial charge in [-0.25, -0.2) is 9.78 Å². The highest BCUT2D eigenvalue weighted by Gasteiger charge is 2.37. The average molecular weight is 560 g/mol. The lowest BCUT2D eigenvalue weighted by Gasteiger charge is -2.29. The van der Waals surface area contributed by atoms with Crippen LogP contribution in [0.4, 0.5) is 4.79 Å². The lowest BCUT2D eigenvalue weighted by molar-refractivity contribution is -0.135. The minimum atomic E-state index is -0.646. The Morgan fingerprint density at radius 3 is 2.80 bits per heavy atom. The van der Waals surface area contributed by atoms with E-state index in [-0.39, 0.29) is 17.9 Å². The number of methoxy groups -OCH3 is 1. The third kappa shape index (κ3) is 5.46. The molecule has 1 fully saturated rings. The van der Waals surface area contributed by atoms with Gasteiger partial charge in [-0.1, -0.05) is 35.8 Å². The van der Waals surface area contributed by atoms with E-state index in [9.17, 15) is 9.59 Å². The molecular weight excluding hydrogens is 528 g/mol. The van der Waals surface area contributed by atoms with Crippen LogP contribution in [0.5, 0.6) is 0 Å². The van der Waals surface area contributed by atoms with Gasteiger partial charge >= 0.3 is 6.09 Å². The number of imidazole rings is 1. The zero-order chi connectivity index (χ0) is 25.3. The van der Waals surface area contributed by atoms with Crippen molar-refractivity contribution in [3.63, 3.8) is 0 Å².